The summed E-state index contributed by atoms with van der Waals surface area (Å²) in [6.07, 6.45) is -0.580. The zero-order valence-corrected chi connectivity index (χ0v) is 13.7. The number of hydrogen-bond donors (Lipinski definition) is 2. The molecule has 1 aromatic carbocycles. The summed E-state index contributed by atoms with van der Waals surface area (Å²) in [7, 11) is 0. The van der Waals surface area contributed by atoms with E-state index in [4.69, 9.17) is 23.2 Å². The van der Waals surface area contributed by atoms with E-state index in [1.165, 1.54) is 4.90 Å². The first kappa shape index (κ1) is 17.1. The van der Waals surface area contributed by atoms with Crippen LogP contribution in [0.2, 0.25) is 10.0 Å². The molecule has 2 unspecified atom stereocenters. The average molecular weight is 345 g/mol. The topological polar surface area (TPSA) is 69.6 Å². The summed E-state index contributed by atoms with van der Waals surface area (Å²) in [5.74, 6) is -0.410. The van der Waals surface area contributed by atoms with E-state index in [9.17, 15) is 14.7 Å². The van der Waals surface area contributed by atoms with Crippen molar-refractivity contribution in [2.75, 3.05) is 13.1 Å². The predicted octanol–water partition coefficient (Wildman–Crippen LogP) is 2.15. The van der Waals surface area contributed by atoms with Gasteiger partial charge in [0.2, 0.25) is 11.8 Å². The van der Waals surface area contributed by atoms with Crippen LogP contribution < -0.4 is 5.32 Å². The van der Waals surface area contributed by atoms with Gasteiger partial charge in [-0.3, -0.25) is 9.59 Å². The van der Waals surface area contributed by atoms with E-state index in [2.05, 4.69) is 5.32 Å². The number of nitrogens with zero attached hydrogens (tertiary/aromatic N) is 1. The lowest BCUT2D eigenvalue weighted by atomic mass is 10.0. The van der Waals surface area contributed by atoms with Crippen LogP contribution in [0, 0.1) is 0 Å². The number of nitrogens with one attached hydrogen (secondary N) is 1. The molecule has 0 spiro atoms. The monoisotopic (exact) mass is 344 g/mol. The van der Waals surface area contributed by atoms with Gasteiger partial charge in [0.1, 0.15) is 6.04 Å². The molecule has 1 fully saturated rings. The highest BCUT2D eigenvalue weighted by Gasteiger charge is 2.32. The maximum atomic E-state index is 12.4. The van der Waals surface area contributed by atoms with Crippen molar-refractivity contribution in [3.05, 3.63) is 33.8 Å². The minimum Gasteiger partial charge on any atom is -0.388 e. The van der Waals surface area contributed by atoms with Crippen molar-refractivity contribution in [1.29, 1.82) is 0 Å². The summed E-state index contributed by atoms with van der Waals surface area (Å²) >= 11 is 11.8. The molecule has 2 atom stereocenters. The molecule has 22 heavy (non-hydrogen) atoms. The first-order valence-electron chi connectivity index (χ1n) is 7.13. The Kier molecular flexibility index (Phi) is 5.67. The van der Waals surface area contributed by atoms with Crippen molar-refractivity contribution in [2.24, 2.45) is 0 Å². The average Bonchev–Trinajstić information content (AvgIpc) is 2.45. The number of aliphatic hydroxyl groups is 1. The number of aliphatic hydroxyl groups excluding tert-OH is 1. The fraction of sp³-hybridized carbons (Fsp3) is 0.467. The van der Waals surface area contributed by atoms with Gasteiger partial charge in [-0.1, -0.05) is 30.1 Å². The van der Waals surface area contributed by atoms with Gasteiger partial charge < -0.3 is 15.3 Å². The van der Waals surface area contributed by atoms with E-state index < -0.39 is 12.1 Å². The Labute approximate surface area is 139 Å². The number of benzene rings is 1. The second-order valence-electron chi connectivity index (χ2n) is 5.22. The number of rotatable bonds is 4. The molecule has 0 saturated carbocycles. The van der Waals surface area contributed by atoms with Crippen molar-refractivity contribution in [3.63, 3.8) is 0 Å². The summed E-state index contributed by atoms with van der Waals surface area (Å²) in [5, 5.41) is 13.8. The first-order valence-corrected chi connectivity index (χ1v) is 7.89. The van der Waals surface area contributed by atoms with Gasteiger partial charge in [0.15, 0.2) is 0 Å². The number of halogens is 2. The van der Waals surface area contributed by atoms with Crippen LogP contribution >= 0.6 is 23.2 Å². The number of carbonyl (C=O) groups excluding carboxylic acids is 2. The fourth-order valence-electron chi connectivity index (χ4n) is 2.59. The Morgan fingerprint density at radius 1 is 1.41 bits per heavy atom. The van der Waals surface area contributed by atoms with Crippen molar-refractivity contribution in [3.8, 4) is 0 Å². The third-order valence-electron chi connectivity index (χ3n) is 3.68. The highest BCUT2D eigenvalue weighted by atomic mass is 35.5. The van der Waals surface area contributed by atoms with E-state index in [1.54, 1.807) is 18.2 Å². The van der Waals surface area contributed by atoms with Crippen LogP contribution in [0.4, 0.5) is 0 Å². The Morgan fingerprint density at radius 3 is 2.64 bits per heavy atom. The molecule has 0 aliphatic carbocycles. The number of carbonyl (C=O) groups is 2. The molecule has 0 bridgehead atoms. The van der Waals surface area contributed by atoms with Crippen molar-refractivity contribution in [2.45, 2.75) is 31.9 Å². The van der Waals surface area contributed by atoms with Crippen LogP contribution in [0.1, 0.15) is 31.4 Å². The third-order valence-corrected chi connectivity index (χ3v) is 4.11. The quantitative estimate of drug-likeness (QED) is 0.879. The normalized spacial score (nSPS) is 19.7. The molecule has 0 aromatic heterocycles. The zero-order valence-electron chi connectivity index (χ0n) is 12.2. The third kappa shape index (κ3) is 3.91. The maximum absolute atomic E-state index is 12.4. The van der Waals surface area contributed by atoms with Crippen molar-refractivity contribution < 1.29 is 14.7 Å². The summed E-state index contributed by atoms with van der Waals surface area (Å²) in [6.45, 7) is 2.73. The first-order chi connectivity index (χ1) is 10.4. The van der Waals surface area contributed by atoms with Crippen LogP contribution in [-0.4, -0.2) is 41.0 Å². The number of piperazine rings is 1. The van der Waals surface area contributed by atoms with Gasteiger partial charge in [-0.15, -0.1) is 0 Å². The predicted molar refractivity (Wildman–Crippen MR) is 84.8 cm³/mol. The standard InChI is InChI=1S/C15H18Cl2N2O3/c1-2-12-15(22)18-3-4-19(12)14(21)8-13(20)9-5-10(16)7-11(17)6-9/h5-7,12-13,20H,2-4,8H2,1H3,(H,18,22). The Bertz CT molecular complexity index is 560. The summed E-state index contributed by atoms with van der Waals surface area (Å²) in [4.78, 5) is 25.7. The van der Waals surface area contributed by atoms with Crippen LogP contribution in [-0.2, 0) is 9.59 Å². The zero-order chi connectivity index (χ0) is 16.3. The van der Waals surface area contributed by atoms with Gasteiger partial charge in [-0.05, 0) is 30.2 Å². The van der Waals surface area contributed by atoms with Gasteiger partial charge >= 0.3 is 0 Å². The van der Waals surface area contributed by atoms with Crippen LogP contribution in [0.25, 0.3) is 0 Å². The summed E-state index contributed by atoms with van der Waals surface area (Å²) < 4.78 is 0. The lowest BCUT2D eigenvalue weighted by molar-refractivity contribution is -0.144. The smallest absolute Gasteiger partial charge is 0.242 e. The molecule has 7 heteroatoms. The lowest BCUT2D eigenvalue weighted by Gasteiger charge is -2.35. The molecule has 1 aliphatic heterocycles. The molecular weight excluding hydrogens is 327 g/mol. The summed E-state index contributed by atoms with van der Waals surface area (Å²) in [6, 6.07) is 4.23. The minimum atomic E-state index is -1.01. The van der Waals surface area contributed by atoms with E-state index in [-0.39, 0.29) is 18.2 Å². The van der Waals surface area contributed by atoms with E-state index in [0.29, 0.717) is 35.1 Å². The minimum absolute atomic E-state index is 0.111. The fourth-order valence-corrected chi connectivity index (χ4v) is 3.13. The van der Waals surface area contributed by atoms with Crippen LogP contribution in [0.5, 0.6) is 0 Å². The van der Waals surface area contributed by atoms with Gasteiger partial charge in [-0.25, -0.2) is 0 Å². The second-order valence-corrected chi connectivity index (χ2v) is 6.10. The number of amides is 2. The molecule has 2 N–H and O–H groups in total. The van der Waals surface area contributed by atoms with Gasteiger partial charge in [0, 0.05) is 23.1 Å². The van der Waals surface area contributed by atoms with Crippen LogP contribution in [0.15, 0.2) is 18.2 Å². The van der Waals surface area contributed by atoms with Gasteiger partial charge in [0.05, 0.1) is 12.5 Å². The van der Waals surface area contributed by atoms with Crippen molar-refractivity contribution >= 4 is 35.0 Å². The molecule has 1 aromatic rings. The molecule has 0 radical (unpaired) electrons. The molecule has 120 valence electrons. The maximum Gasteiger partial charge on any atom is 0.242 e. The largest absolute Gasteiger partial charge is 0.388 e. The molecule has 2 amide bonds. The van der Waals surface area contributed by atoms with E-state index in [1.807, 2.05) is 6.92 Å². The highest BCUT2D eigenvalue weighted by Crippen LogP contribution is 2.26. The van der Waals surface area contributed by atoms with E-state index >= 15 is 0 Å². The molecule has 5 nitrogen and oxygen atoms in total. The van der Waals surface area contributed by atoms with Gasteiger partial charge in [0.25, 0.3) is 0 Å². The van der Waals surface area contributed by atoms with E-state index in [0.717, 1.165) is 0 Å². The summed E-state index contributed by atoms with van der Waals surface area (Å²) in [5.41, 5.74) is 0.486. The second kappa shape index (κ2) is 7.31. The SMILES string of the molecule is CCC1C(=O)NCCN1C(=O)CC(O)c1cc(Cl)cc(Cl)c1. The van der Waals surface area contributed by atoms with Gasteiger partial charge in [-0.2, -0.15) is 0 Å². The molecular formula is C15H18Cl2N2O3. The van der Waals surface area contributed by atoms with Crippen LogP contribution in [0.3, 0.4) is 0 Å². The lowest BCUT2D eigenvalue weighted by Crippen LogP contribution is -2.57. The molecule has 1 aliphatic rings. The molecule has 1 saturated heterocycles. The van der Waals surface area contributed by atoms with Crippen molar-refractivity contribution in [1.82, 2.24) is 10.2 Å². The Balaban J connectivity index is 2.08. The highest BCUT2D eigenvalue weighted by molar-refractivity contribution is 6.34. The number of hydrogen-bond acceptors (Lipinski definition) is 3. The Morgan fingerprint density at radius 2 is 2.05 bits per heavy atom. The molecule has 2 rings (SSSR count). The Hall–Kier alpha value is -1.30. The molecule has 1 heterocycles.